The van der Waals surface area contributed by atoms with Gasteiger partial charge in [-0.15, -0.1) is 0 Å². The van der Waals surface area contributed by atoms with E-state index in [4.69, 9.17) is 16.3 Å². The number of carbonyl (C=O) groups is 2. The monoisotopic (exact) mass is 351 g/mol. The fourth-order valence-electron chi connectivity index (χ4n) is 3.17. The number of methoxy groups -OCH3 is 1. The Morgan fingerprint density at radius 1 is 1.48 bits per heavy atom. The van der Waals surface area contributed by atoms with Crippen molar-refractivity contribution in [3.63, 3.8) is 0 Å². The summed E-state index contributed by atoms with van der Waals surface area (Å²) in [6, 6.07) is 7.44. The average Bonchev–Trinajstić information content (AvgIpc) is 2.92. The summed E-state index contributed by atoms with van der Waals surface area (Å²) in [6.45, 7) is 1.52. The van der Waals surface area contributed by atoms with Crippen LogP contribution in [0.25, 0.3) is 0 Å². The largest absolute Gasteiger partial charge is 0.469 e. The molecule has 1 aromatic rings. The van der Waals surface area contributed by atoms with Crippen LogP contribution < -0.4 is 0 Å². The van der Waals surface area contributed by atoms with Gasteiger partial charge in [-0.25, -0.2) is 0 Å². The predicted octanol–water partition coefficient (Wildman–Crippen LogP) is 3.22. The molecule has 0 spiro atoms. The first-order valence-electron chi connectivity index (χ1n) is 7.55. The van der Waals surface area contributed by atoms with Crippen molar-refractivity contribution in [1.82, 2.24) is 4.90 Å². The van der Waals surface area contributed by atoms with Crippen LogP contribution in [0.2, 0.25) is 5.02 Å². The van der Waals surface area contributed by atoms with Gasteiger partial charge in [-0.05, 0) is 29.7 Å². The highest BCUT2D eigenvalue weighted by Gasteiger charge is 2.35. The molecule has 6 heteroatoms. The van der Waals surface area contributed by atoms with Crippen LogP contribution in [-0.4, -0.2) is 41.4 Å². The minimum atomic E-state index is -0.261. The van der Waals surface area contributed by atoms with Gasteiger partial charge in [-0.2, -0.15) is 0 Å². The molecule has 1 fully saturated rings. The minimum Gasteiger partial charge on any atom is -0.469 e. The lowest BCUT2D eigenvalue weighted by atomic mass is 9.96. The second-order valence-corrected chi connectivity index (χ2v) is 7.34. The van der Waals surface area contributed by atoms with E-state index in [1.165, 1.54) is 18.9 Å². The number of hydrogen-bond acceptors (Lipinski definition) is 5. The van der Waals surface area contributed by atoms with Crippen LogP contribution in [0.5, 0.6) is 0 Å². The molecule has 0 aliphatic carbocycles. The van der Waals surface area contributed by atoms with Crippen molar-refractivity contribution in [2.24, 2.45) is 0 Å². The Labute approximate surface area is 144 Å². The second kappa shape index (κ2) is 7.07. The fourth-order valence-corrected chi connectivity index (χ4v) is 4.45. The van der Waals surface area contributed by atoms with Gasteiger partial charge in [-0.1, -0.05) is 41.6 Å². The van der Waals surface area contributed by atoms with E-state index in [9.17, 15) is 9.59 Å². The van der Waals surface area contributed by atoms with Gasteiger partial charge in [0.25, 0.3) is 0 Å². The van der Waals surface area contributed by atoms with Gasteiger partial charge in [0.15, 0.2) is 0 Å². The summed E-state index contributed by atoms with van der Waals surface area (Å²) in [5, 5.41) is 1.08. The lowest BCUT2D eigenvalue weighted by Gasteiger charge is -2.37. The number of hydrogen-bond donors (Lipinski definition) is 0. The molecule has 2 aliphatic heterocycles. The first-order valence-corrected chi connectivity index (χ1v) is 8.80. The zero-order valence-corrected chi connectivity index (χ0v) is 14.4. The lowest BCUT2D eigenvalue weighted by molar-refractivity contribution is -0.142. The van der Waals surface area contributed by atoms with Gasteiger partial charge in [0.1, 0.15) is 0 Å². The van der Waals surface area contributed by atoms with E-state index >= 15 is 0 Å². The number of nitrogens with zero attached hydrogens (tertiary/aromatic N) is 1. The van der Waals surface area contributed by atoms with E-state index in [1.54, 1.807) is 6.08 Å². The molecule has 0 radical (unpaired) electrons. The van der Waals surface area contributed by atoms with Gasteiger partial charge >= 0.3 is 5.97 Å². The fraction of sp³-hybridized carbons (Fsp3) is 0.412. The van der Waals surface area contributed by atoms with Crippen molar-refractivity contribution in [2.45, 2.75) is 24.1 Å². The van der Waals surface area contributed by atoms with Crippen LogP contribution in [0.4, 0.5) is 0 Å². The zero-order valence-electron chi connectivity index (χ0n) is 12.8. The number of thioether (sulfide) groups is 1. The second-order valence-electron chi connectivity index (χ2n) is 5.72. The van der Waals surface area contributed by atoms with E-state index < -0.39 is 0 Å². The third-order valence-corrected chi connectivity index (χ3v) is 5.85. The number of halogens is 1. The van der Waals surface area contributed by atoms with Crippen LogP contribution >= 0.6 is 23.4 Å². The first-order chi connectivity index (χ1) is 11.1. The third kappa shape index (κ3) is 3.62. The molecule has 0 amide bonds. The molecular weight excluding hydrogens is 334 g/mol. The van der Waals surface area contributed by atoms with E-state index in [0.717, 1.165) is 24.1 Å². The van der Waals surface area contributed by atoms with Crippen molar-refractivity contribution in [1.29, 1.82) is 0 Å². The van der Waals surface area contributed by atoms with Crippen molar-refractivity contribution < 1.29 is 14.3 Å². The zero-order chi connectivity index (χ0) is 16.4. The van der Waals surface area contributed by atoms with Crippen molar-refractivity contribution in [2.75, 3.05) is 20.2 Å². The maximum Gasteiger partial charge on any atom is 0.307 e. The normalized spacial score (nSPS) is 22.4. The van der Waals surface area contributed by atoms with Gasteiger partial charge in [0, 0.05) is 29.4 Å². The van der Waals surface area contributed by atoms with Crippen molar-refractivity contribution >= 4 is 34.4 Å². The standard InChI is InChI=1S/C17H18ClNO3S/c1-22-16(20)9-14(12-4-2-3-5-13(12)18)19-7-6-15-11(10-19)8-17(21)23-15/h2-5,8,14-15H,6-7,9-10H2,1H3/t14-,15-/m1/s1. The van der Waals surface area contributed by atoms with Crippen LogP contribution in [0.3, 0.4) is 0 Å². The lowest BCUT2D eigenvalue weighted by Crippen LogP contribution is -2.39. The Hall–Kier alpha value is -1.30. The van der Waals surface area contributed by atoms with Gasteiger partial charge in [-0.3, -0.25) is 14.5 Å². The number of fused-ring (bicyclic) bond motifs is 1. The predicted molar refractivity (Wildman–Crippen MR) is 91.5 cm³/mol. The van der Waals surface area contributed by atoms with Crippen LogP contribution in [0, 0.1) is 0 Å². The number of ether oxygens (including phenoxy) is 1. The van der Waals surface area contributed by atoms with Crippen LogP contribution in [0.15, 0.2) is 35.9 Å². The molecule has 2 atom stereocenters. The van der Waals surface area contributed by atoms with Crippen LogP contribution in [0.1, 0.15) is 24.4 Å². The Balaban J connectivity index is 1.86. The van der Waals surface area contributed by atoms with Gasteiger partial charge < -0.3 is 4.74 Å². The molecule has 0 bridgehead atoms. The molecule has 2 heterocycles. The SMILES string of the molecule is COC(=O)C[C@H](c1ccccc1Cl)N1CC[C@H]2SC(=O)C=C2C1. The summed E-state index contributed by atoms with van der Waals surface area (Å²) in [4.78, 5) is 25.7. The minimum absolute atomic E-state index is 0.133. The van der Waals surface area contributed by atoms with E-state index in [0.29, 0.717) is 16.8 Å². The molecular formula is C17H18ClNO3S. The Morgan fingerprint density at radius 2 is 2.26 bits per heavy atom. The summed E-state index contributed by atoms with van der Waals surface area (Å²) in [7, 11) is 1.40. The quantitative estimate of drug-likeness (QED) is 0.779. The summed E-state index contributed by atoms with van der Waals surface area (Å²) < 4.78 is 4.86. The molecule has 122 valence electrons. The number of carbonyl (C=O) groups excluding carboxylic acids is 2. The van der Waals surface area contributed by atoms with Crippen molar-refractivity contribution in [3.05, 3.63) is 46.5 Å². The topological polar surface area (TPSA) is 46.6 Å². The van der Waals surface area contributed by atoms with Crippen LogP contribution in [-0.2, 0) is 14.3 Å². The number of piperidine rings is 1. The average molecular weight is 352 g/mol. The highest BCUT2D eigenvalue weighted by Crippen LogP contribution is 2.39. The van der Waals surface area contributed by atoms with Gasteiger partial charge in [0.05, 0.1) is 13.5 Å². The smallest absolute Gasteiger partial charge is 0.307 e. The number of benzene rings is 1. The number of likely N-dealkylation sites (tertiary alicyclic amines) is 1. The molecule has 23 heavy (non-hydrogen) atoms. The highest BCUT2D eigenvalue weighted by atomic mass is 35.5. The summed E-state index contributed by atoms with van der Waals surface area (Å²) in [6.07, 6.45) is 2.90. The molecule has 3 rings (SSSR count). The number of rotatable bonds is 4. The molecule has 2 aliphatic rings. The molecule has 1 aromatic carbocycles. The maximum atomic E-state index is 11.9. The highest BCUT2D eigenvalue weighted by molar-refractivity contribution is 8.15. The first kappa shape index (κ1) is 16.6. The molecule has 0 saturated carbocycles. The Kier molecular flexibility index (Phi) is 5.09. The maximum absolute atomic E-state index is 11.9. The van der Waals surface area contributed by atoms with E-state index in [2.05, 4.69) is 4.90 Å². The van der Waals surface area contributed by atoms with Gasteiger partial charge in [0.2, 0.25) is 5.12 Å². The Bertz CT molecular complexity index is 661. The summed E-state index contributed by atoms with van der Waals surface area (Å²) in [5.74, 6) is -0.261. The molecule has 0 unspecified atom stereocenters. The van der Waals surface area contributed by atoms with Crippen molar-refractivity contribution in [3.8, 4) is 0 Å². The number of esters is 1. The molecule has 0 aromatic heterocycles. The summed E-state index contributed by atoms with van der Waals surface area (Å²) >= 11 is 7.75. The summed E-state index contributed by atoms with van der Waals surface area (Å²) in [5.41, 5.74) is 2.07. The molecule has 0 N–H and O–H groups in total. The molecule has 1 saturated heterocycles. The Morgan fingerprint density at radius 3 is 3.00 bits per heavy atom. The third-order valence-electron chi connectivity index (χ3n) is 4.33. The van der Waals surface area contributed by atoms with E-state index in [-0.39, 0.29) is 23.5 Å². The van der Waals surface area contributed by atoms with E-state index in [1.807, 2.05) is 24.3 Å². The molecule has 4 nitrogen and oxygen atoms in total.